The summed E-state index contributed by atoms with van der Waals surface area (Å²) in [6.45, 7) is -0.170. The van der Waals surface area contributed by atoms with Gasteiger partial charge in [-0.15, -0.1) is 0 Å². The van der Waals surface area contributed by atoms with Gasteiger partial charge in [-0.25, -0.2) is 0 Å². The maximum absolute atomic E-state index is 12.2. The molecule has 0 spiro atoms. The second-order valence-electron chi connectivity index (χ2n) is 4.58. The van der Waals surface area contributed by atoms with Crippen molar-refractivity contribution in [3.05, 3.63) is 47.8 Å². The summed E-state index contributed by atoms with van der Waals surface area (Å²) < 4.78 is 30.5. The molecule has 4 nitrogen and oxygen atoms in total. The monoisotopic (exact) mass is 281 g/mol. The van der Waals surface area contributed by atoms with Crippen LogP contribution in [0.15, 0.2) is 36.7 Å². The van der Waals surface area contributed by atoms with E-state index in [2.05, 4.69) is 15.2 Å². The number of hydrogen-bond donors (Lipinski definition) is 1. The maximum Gasteiger partial charge on any atom is 0.387 e. The van der Waals surface area contributed by atoms with Crippen LogP contribution < -0.4 is 10.1 Å². The zero-order valence-corrected chi connectivity index (χ0v) is 11.4. The van der Waals surface area contributed by atoms with Crippen molar-refractivity contribution in [2.45, 2.75) is 26.1 Å². The van der Waals surface area contributed by atoms with E-state index in [0.29, 0.717) is 6.54 Å². The van der Waals surface area contributed by atoms with Gasteiger partial charge in [0.1, 0.15) is 5.75 Å². The molecule has 108 valence electrons. The molecular weight excluding hydrogens is 264 g/mol. The minimum atomic E-state index is -2.80. The SMILES string of the molecule is CC(NCc1cnn(C)c1)c1cccc(OC(F)F)c1. The Labute approximate surface area is 116 Å². The van der Waals surface area contributed by atoms with Crippen LogP contribution >= 0.6 is 0 Å². The fourth-order valence-electron chi connectivity index (χ4n) is 1.91. The topological polar surface area (TPSA) is 39.1 Å². The molecule has 0 fully saturated rings. The Bertz CT molecular complexity index is 557. The predicted octanol–water partition coefficient (Wildman–Crippen LogP) is 2.87. The highest BCUT2D eigenvalue weighted by atomic mass is 19.3. The van der Waals surface area contributed by atoms with Gasteiger partial charge in [-0.2, -0.15) is 13.9 Å². The van der Waals surface area contributed by atoms with Crippen molar-refractivity contribution in [1.82, 2.24) is 15.1 Å². The minimum absolute atomic E-state index is 0.0245. The van der Waals surface area contributed by atoms with E-state index in [-0.39, 0.29) is 11.8 Å². The number of nitrogens with zero attached hydrogens (tertiary/aromatic N) is 2. The summed E-state index contributed by atoms with van der Waals surface area (Å²) in [5.41, 5.74) is 1.96. The number of ether oxygens (including phenoxy) is 1. The van der Waals surface area contributed by atoms with Gasteiger partial charge in [0.15, 0.2) is 0 Å². The molecule has 1 heterocycles. The molecule has 0 bridgehead atoms. The number of rotatable bonds is 6. The first-order chi connectivity index (χ1) is 9.54. The number of aromatic nitrogens is 2. The zero-order chi connectivity index (χ0) is 14.5. The van der Waals surface area contributed by atoms with Gasteiger partial charge in [0, 0.05) is 31.4 Å². The predicted molar refractivity (Wildman–Crippen MR) is 71.5 cm³/mol. The average molecular weight is 281 g/mol. The van der Waals surface area contributed by atoms with E-state index in [1.807, 2.05) is 26.2 Å². The highest BCUT2D eigenvalue weighted by Gasteiger charge is 2.09. The van der Waals surface area contributed by atoms with Crippen LogP contribution in [-0.2, 0) is 13.6 Å². The third kappa shape index (κ3) is 4.03. The van der Waals surface area contributed by atoms with E-state index in [4.69, 9.17) is 0 Å². The number of nitrogens with one attached hydrogen (secondary N) is 1. The molecule has 1 aromatic carbocycles. The van der Waals surface area contributed by atoms with Crippen molar-refractivity contribution < 1.29 is 13.5 Å². The lowest BCUT2D eigenvalue weighted by atomic mass is 10.1. The number of halogens is 2. The van der Waals surface area contributed by atoms with Crippen LogP contribution in [0.1, 0.15) is 24.1 Å². The first-order valence-electron chi connectivity index (χ1n) is 6.30. The van der Waals surface area contributed by atoms with Gasteiger partial charge >= 0.3 is 6.61 Å². The zero-order valence-electron chi connectivity index (χ0n) is 11.4. The van der Waals surface area contributed by atoms with E-state index in [0.717, 1.165) is 11.1 Å². The van der Waals surface area contributed by atoms with Gasteiger partial charge in [-0.3, -0.25) is 4.68 Å². The van der Waals surface area contributed by atoms with Crippen LogP contribution in [0.5, 0.6) is 5.75 Å². The molecule has 1 atom stereocenters. The third-order valence-electron chi connectivity index (χ3n) is 2.95. The molecule has 0 aliphatic carbocycles. The van der Waals surface area contributed by atoms with Crippen LogP contribution in [0, 0.1) is 0 Å². The smallest absolute Gasteiger partial charge is 0.387 e. The lowest BCUT2D eigenvalue weighted by Crippen LogP contribution is -2.18. The summed E-state index contributed by atoms with van der Waals surface area (Å²) in [5.74, 6) is 0.174. The normalized spacial score (nSPS) is 12.7. The molecule has 20 heavy (non-hydrogen) atoms. The van der Waals surface area contributed by atoms with E-state index in [1.54, 1.807) is 23.0 Å². The molecular formula is C14H17F2N3O. The van der Waals surface area contributed by atoms with Crippen molar-refractivity contribution in [3.63, 3.8) is 0 Å². The van der Waals surface area contributed by atoms with Crippen LogP contribution in [-0.4, -0.2) is 16.4 Å². The molecule has 2 aromatic rings. The minimum Gasteiger partial charge on any atom is -0.435 e. The fourth-order valence-corrected chi connectivity index (χ4v) is 1.91. The number of benzene rings is 1. The molecule has 0 amide bonds. The summed E-state index contributed by atoms with van der Waals surface area (Å²) >= 11 is 0. The first-order valence-corrected chi connectivity index (χ1v) is 6.30. The number of aryl methyl sites for hydroxylation is 1. The molecule has 0 aliphatic rings. The Hall–Kier alpha value is -1.95. The Morgan fingerprint density at radius 2 is 2.20 bits per heavy atom. The van der Waals surface area contributed by atoms with Crippen molar-refractivity contribution >= 4 is 0 Å². The van der Waals surface area contributed by atoms with Crippen molar-refractivity contribution in [1.29, 1.82) is 0 Å². The summed E-state index contributed by atoms with van der Waals surface area (Å²) in [6.07, 6.45) is 3.71. The van der Waals surface area contributed by atoms with E-state index < -0.39 is 6.61 Å². The van der Waals surface area contributed by atoms with Crippen molar-refractivity contribution in [2.24, 2.45) is 7.05 Å². The molecule has 1 N–H and O–H groups in total. The van der Waals surface area contributed by atoms with Crippen LogP contribution in [0.25, 0.3) is 0 Å². The third-order valence-corrected chi connectivity index (χ3v) is 2.95. The second kappa shape index (κ2) is 6.47. The molecule has 1 aromatic heterocycles. The van der Waals surface area contributed by atoms with Gasteiger partial charge in [0.05, 0.1) is 6.20 Å². The average Bonchev–Trinajstić information content (AvgIpc) is 2.81. The van der Waals surface area contributed by atoms with Gasteiger partial charge in [-0.05, 0) is 24.6 Å². The lowest BCUT2D eigenvalue weighted by Gasteiger charge is -2.15. The Morgan fingerprint density at radius 1 is 1.40 bits per heavy atom. The second-order valence-corrected chi connectivity index (χ2v) is 4.58. The van der Waals surface area contributed by atoms with E-state index in [1.165, 1.54) is 6.07 Å². The van der Waals surface area contributed by atoms with Gasteiger partial charge in [-0.1, -0.05) is 12.1 Å². The van der Waals surface area contributed by atoms with Gasteiger partial charge < -0.3 is 10.1 Å². The molecule has 0 saturated heterocycles. The maximum atomic E-state index is 12.2. The largest absolute Gasteiger partial charge is 0.435 e. The first kappa shape index (κ1) is 14.5. The Balaban J connectivity index is 1.96. The standard InChI is InChI=1S/C14H17F2N3O/c1-10(17-7-11-8-18-19(2)9-11)12-4-3-5-13(6-12)20-14(15)16/h3-6,8-10,14,17H,7H2,1-2H3. The fraction of sp³-hybridized carbons (Fsp3) is 0.357. The molecule has 0 saturated carbocycles. The summed E-state index contributed by atoms with van der Waals surface area (Å²) in [5, 5.41) is 7.40. The molecule has 0 radical (unpaired) electrons. The van der Waals surface area contributed by atoms with Crippen molar-refractivity contribution in [2.75, 3.05) is 0 Å². The highest BCUT2D eigenvalue weighted by molar-refractivity contribution is 5.30. The molecule has 1 unspecified atom stereocenters. The Morgan fingerprint density at radius 3 is 2.85 bits per heavy atom. The van der Waals surface area contributed by atoms with E-state index >= 15 is 0 Å². The quantitative estimate of drug-likeness (QED) is 0.885. The van der Waals surface area contributed by atoms with Crippen LogP contribution in [0.4, 0.5) is 8.78 Å². The van der Waals surface area contributed by atoms with Gasteiger partial charge in [0.2, 0.25) is 0 Å². The molecule has 0 aliphatic heterocycles. The van der Waals surface area contributed by atoms with Gasteiger partial charge in [0.25, 0.3) is 0 Å². The molecule has 6 heteroatoms. The number of hydrogen-bond acceptors (Lipinski definition) is 3. The number of alkyl halides is 2. The summed E-state index contributed by atoms with van der Waals surface area (Å²) in [7, 11) is 1.86. The summed E-state index contributed by atoms with van der Waals surface area (Å²) in [4.78, 5) is 0. The van der Waals surface area contributed by atoms with Crippen LogP contribution in [0.3, 0.4) is 0 Å². The summed E-state index contributed by atoms with van der Waals surface area (Å²) in [6, 6.07) is 6.74. The Kier molecular flexibility index (Phi) is 4.68. The van der Waals surface area contributed by atoms with Crippen molar-refractivity contribution in [3.8, 4) is 5.75 Å². The van der Waals surface area contributed by atoms with Crippen LogP contribution in [0.2, 0.25) is 0 Å². The molecule has 2 rings (SSSR count). The highest BCUT2D eigenvalue weighted by Crippen LogP contribution is 2.20. The van der Waals surface area contributed by atoms with E-state index in [9.17, 15) is 8.78 Å². The lowest BCUT2D eigenvalue weighted by molar-refractivity contribution is -0.0499.